The molecule has 0 aromatic carbocycles. The van der Waals surface area contributed by atoms with Gasteiger partial charge in [0, 0.05) is 6.04 Å². The highest BCUT2D eigenvalue weighted by Gasteiger charge is 2.23. The molecule has 1 aliphatic carbocycles. The maximum absolute atomic E-state index is 12.0. The van der Waals surface area contributed by atoms with Crippen LogP contribution in [0.1, 0.15) is 56.3 Å². The van der Waals surface area contributed by atoms with Crippen LogP contribution in [0.2, 0.25) is 0 Å². The molecular weight excluding hydrogens is 266 g/mol. The highest BCUT2D eigenvalue weighted by molar-refractivity contribution is 5.95. The predicted molar refractivity (Wildman–Crippen MR) is 84.3 cm³/mol. The van der Waals surface area contributed by atoms with Gasteiger partial charge in [0.05, 0.1) is 18.5 Å². The molecule has 0 amide bonds. The minimum atomic E-state index is -0.373. The van der Waals surface area contributed by atoms with Gasteiger partial charge in [0.25, 0.3) is 0 Å². The number of carbonyl (C=O) groups is 1. The fraction of sp³-hybridized carbons (Fsp3) is 0.625. The Bertz CT molecular complexity index is 490. The second kappa shape index (κ2) is 7.29. The van der Waals surface area contributed by atoms with E-state index in [1.165, 1.54) is 19.3 Å². The SMILES string of the molecule is CCOC(=O)c1cc(N)cnc1NC1CCCC(CC)C1. The van der Waals surface area contributed by atoms with E-state index in [4.69, 9.17) is 10.5 Å². The van der Waals surface area contributed by atoms with Crippen molar-refractivity contribution in [2.45, 2.75) is 52.0 Å². The van der Waals surface area contributed by atoms with Crippen LogP contribution in [0.25, 0.3) is 0 Å². The third-order valence-corrected chi connectivity index (χ3v) is 4.11. The Morgan fingerprint density at radius 3 is 3.00 bits per heavy atom. The highest BCUT2D eigenvalue weighted by atomic mass is 16.5. The van der Waals surface area contributed by atoms with Crippen LogP contribution in [0.4, 0.5) is 11.5 Å². The van der Waals surface area contributed by atoms with Crippen LogP contribution in [0.3, 0.4) is 0 Å². The number of anilines is 2. The second-order valence-corrected chi connectivity index (χ2v) is 5.67. The van der Waals surface area contributed by atoms with E-state index in [2.05, 4.69) is 17.2 Å². The predicted octanol–water partition coefficient (Wildman–Crippen LogP) is 3.22. The summed E-state index contributed by atoms with van der Waals surface area (Å²) >= 11 is 0. The van der Waals surface area contributed by atoms with Crippen LogP contribution in [-0.2, 0) is 4.74 Å². The van der Waals surface area contributed by atoms with E-state index in [1.807, 2.05) is 0 Å². The van der Waals surface area contributed by atoms with Crippen molar-refractivity contribution in [2.75, 3.05) is 17.7 Å². The number of hydrogen-bond donors (Lipinski definition) is 2. The second-order valence-electron chi connectivity index (χ2n) is 5.67. The lowest BCUT2D eigenvalue weighted by molar-refractivity contribution is 0.0527. The summed E-state index contributed by atoms with van der Waals surface area (Å²) in [5.74, 6) is 0.975. The molecule has 5 nitrogen and oxygen atoms in total. The number of pyridine rings is 1. The van der Waals surface area contributed by atoms with E-state index in [0.717, 1.165) is 18.8 Å². The van der Waals surface area contributed by atoms with Crippen molar-refractivity contribution in [3.05, 3.63) is 17.8 Å². The Labute approximate surface area is 126 Å². The van der Waals surface area contributed by atoms with Gasteiger partial charge in [-0.05, 0) is 31.7 Å². The number of ether oxygens (including phenoxy) is 1. The van der Waals surface area contributed by atoms with Crippen LogP contribution < -0.4 is 11.1 Å². The topological polar surface area (TPSA) is 77.2 Å². The molecular formula is C16H25N3O2. The number of rotatable bonds is 5. The van der Waals surface area contributed by atoms with E-state index in [-0.39, 0.29) is 5.97 Å². The van der Waals surface area contributed by atoms with Crippen molar-refractivity contribution >= 4 is 17.5 Å². The summed E-state index contributed by atoms with van der Waals surface area (Å²) in [5, 5.41) is 3.41. The lowest BCUT2D eigenvalue weighted by Gasteiger charge is -2.29. The molecule has 1 aliphatic rings. The molecule has 0 aliphatic heterocycles. The molecule has 1 fully saturated rings. The molecule has 5 heteroatoms. The molecule has 3 N–H and O–H groups in total. The summed E-state index contributed by atoms with van der Waals surface area (Å²) in [5.41, 5.74) is 6.64. The first-order valence-electron chi connectivity index (χ1n) is 7.83. The lowest BCUT2D eigenvalue weighted by Crippen LogP contribution is -2.28. The van der Waals surface area contributed by atoms with E-state index in [1.54, 1.807) is 19.2 Å². The summed E-state index contributed by atoms with van der Waals surface area (Å²) in [7, 11) is 0. The minimum Gasteiger partial charge on any atom is -0.462 e. The smallest absolute Gasteiger partial charge is 0.341 e. The lowest BCUT2D eigenvalue weighted by atomic mass is 9.84. The Kier molecular flexibility index (Phi) is 5.42. The third kappa shape index (κ3) is 4.09. The summed E-state index contributed by atoms with van der Waals surface area (Å²) in [4.78, 5) is 16.3. The number of hydrogen-bond acceptors (Lipinski definition) is 5. The molecule has 1 aromatic heterocycles. The van der Waals surface area contributed by atoms with Crippen molar-refractivity contribution < 1.29 is 9.53 Å². The van der Waals surface area contributed by atoms with Crippen LogP contribution in [0.15, 0.2) is 12.3 Å². The number of nitrogens with one attached hydrogen (secondary N) is 1. The van der Waals surface area contributed by atoms with Gasteiger partial charge in [-0.1, -0.05) is 26.2 Å². The van der Waals surface area contributed by atoms with Crippen LogP contribution in [-0.4, -0.2) is 23.6 Å². The van der Waals surface area contributed by atoms with E-state index >= 15 is 0 Å². The first kappa shape index (κ1) is 15.6. The van der Waals surface area contributed by atoms with Gasteiger partial charge in [0.2, 0.25) is 0 Å². The van der Waals surface area contributed by atoms with Gasteiger partial charge in [0.1, 0.15) is 11.4 Å². The van der Waals surface area contributed by atoms with Crippen LogP contribution in [0.5, 0.6) is 0 Å². The summed E-state index contributed by atoms with van der Waals surface area (Å²) in [6.07, 6.45) is 7.55. The summed E-state index contributed by atoms with van der Waals surface area (Å²) < 4.78 is 5.08. The zero-order chi connectivity index (χ0) is 15.2. The molecule has 0 saturated heterocycles. The van der Waals surface area contributed by atoms with Gasteiger partial charge in [-0.15, -0.1) is 0 Å². The average Bonchev–Trinajstić information content (AvgIpc) is 2.49. The van der Waals surface area contributed by atoms with Gasteiger partial charge in [0.15, 0.2) is 0 Å². The molecule has 2 rings (SSSR count). The van der Waals surface area contributed by atoms with Gasteiger partial charge in [-0.2, -0.15) is 0 Å². The van der Waals surface area contributed by atoms with Gasteiger partial charge < -0.3 is 15.8 Å². The molecule has 1 aromatic rings. The number of nitrogens with zero attached hydrogens (tertiary/aromatic N) is 1. The maximum atomic E-state index is 12.0. The molecule has 21 heavy (non-hydrogen) atoms. The zero-order valence-electron chi connectivity index (χ0n) is 12.9. The first-order chi connectivity index (χ1) is 10.1. The zero-order valence-corrected chi connectivity index (χ0v) is 12.9. The first-order valence-corrected chi connectivity index (χ1v) is 7.83. The quantitative estimate of drug-likeness (QED) is 0.814. The monoisotopic (exact) mass is 291 g/mol. The molecule has 1 heterocycles. The number of esters is 1. The molecule has 1 saturated carbocycles. The Balaban J connectivity index is 2.13. The number of aromatic nitrogens is 1. The fourth-order valence-electron chi connectivity index (χ4n) is 2.95. The van der Waals surface area contributed by atoms with Crippen molar-refractivity contribution in [1.29, 1.82) is 0 Å². The molecule has 0 bridgehead atoms. The summed E-state index contributed by atoms with van der Waals surface area (Å²) in [6, 6.07) is 2.00. The molecule has 2 atom stereocenters. The minimum absolute atomic E-state index is 0.342. The fourth-order valence-corrected chi connectivity index (χ4v) is 2.95. The maximum Gasteiger partial charge on any atom is 0.341 e. The van der Waals surface area contributed by atoms with Gasteiger partial charge in [-0.3, -0.25) is 0 Å². The van der Waals surface area contributed by atoms with E-state index in [0.29, 0.717) is 29.7 Å². The number of nitrogens with two attached hydrogens (primary N) is 1. The van der Waals surface area contributed by atoms with Crippen LogP contribution in [0, 0.1) is 5.92 Å². The average molecular weight is 291 g/mol. The molecule has 0 radical (unpaired) electrons. The molecule has 116 valence electrons. The largest absolute Gasteiger partial charge is 0.462 e. The standard InChI is InChI=1S/C16H25N3O2/c1-3-11-6-5-7-13(8-11)19-15-14(16(20)21-4-2)9-12(17)10-18-15/h9-11,13H,3-8,17H2,1-2H3,(H,18,19). The van der Waals surface area contributed by atoms with Crippen molar-refractivity contribution in [2.24, 2.45) is 5.92 Å². The van der Waals surface area contributed by atoms with Gasteiger partial charge in [-0.25, -0.2) is 9.78 Å². The Morgan fingerprint density at radius 2 is 2.29 bits per heavy atom. The Morgan fingerprint density at radius 1 is 1.48 bits per heavy atom. The van der Waals surface area contributed by atoms with Crippen molar-refractivity contribution in [3.63, 3.8) is 0 Å². The number of nitrogen functional groups attached to an aromatic ring is 1. The Hall–Kier alpha value is -1.78. The van der Waals surface area contributed by atoms with E-state index < -0.39 is 0 Å². The van der Waals surface area contributed by atoms with E-state index in [9.17, 15) is 4.79 Å². The number of carbonyl (C=O) groups excluding carboxylic acids is 1. The molecule has 0 spiro atoms. The normalized spacial score (nSPS) is 21.8. The molecule has 2 unspecified atom stereocenters. The highest BCUT2D eigenvalue weighted by Crippen LogP contribution is 2.29. The van der Waals surface area contributed by atoms with Crippen molar-refractivity contribution in [3.8, 4) is 0 Å². The van der Waals surface area contributed by atoms with Crippen LogP contribution >= 0.6 is 0 Å². The van der Waals surface area contributed by atoms with Crippen molar-refractivity contribution in [1.82, 2.24) is 4.98 Å². The van der Waals surface area contributed by atoms with Gasteiger partial charge >= 0.3 is 5.97 Å². The third-order valence-electron chi connectivity index (χ3n) is 4.11. The summed E-state index contributed by atoms with van der Waals surface area (Å²) in [6.45, 7) is 4.37.